The molecule has 0 aliphatic heterocycles. The Morgan fingerprint density at radius 1 is 1.20 bits per heavy atom. The molecule has 106 valence electrons. The van der Waals surface area contributed by atoms with E-state index in [0.717, 1.165) is 12.2 Å². The predicted octanol–water partition coefficient (Wildman–Crippen LogP) is 3.64. The number of hydrogen-bond donors (Lipinski definition) is 1. The van der Waals surface area contributed by atoms with Crippen molar-refractivity contribution in [1.82, 2.24) is 15.1 Å². The molecule has 3 rings (SSSR count). The molecule has 0 bridgehead atoms. The maximum Gasteiger partial charge on any atom is 0.0649 e. The second-order valence-corrected chi connectivity index (χ2v) is 6.68. The summed E-state index contributed by atoms with van der Waals surface area (Å²) in [6, 6.07) is 10.4. The zero-order valence-electron chi connectivity index (χ0n) is 12.6. The summed E-state index contributed by atoms with van der Waals surface area (Å²) < 4.78 is 2.12. The first-order chi connectivity index (χ1) is 9.54. The first-order valence-electron chi connectivity index (χ1n) is 7.42. The molecule has 0 amide bonds. The number of nitrogens with one attached hydrogen (secondary N) is 1. The van der Waals surface area contributed by atoms with Crippen molar-refractivity contribution >= 4 is 0 Å². The lowest BCUT2D eigenvalue weighted by molar-refractivity contribution is 0.423. The third-order valence-corrected chi connectivity index (χ3v) is 3.66. The molecule has 0 spiro atoms. The fourth-order valence-corrected chi connectivity index (χ4v) is 2.46. The monoisotopic (exact) mass is 269 g/mol. The smallest absolute Gasteiger partial charge is 0.0649 e. The summed E-state index contributed by atoms with van der Waals surface area (Å²) in [5.41, 5.74) is 4.03. The summed E-state index contributed by atoms with van der Waals surface area (Å²) in [7, 11) is 0. The van der Waals surface area contributed by atoms with Gasteiger partial charge in [0.25, 0.3) is 0 Å². The van der Waals surface area contributed by atoms with E-state index >= 15 is 0 Å². The van der Waals surface area contributed by atoms with Crippen LogP contribution in [0.15, 0.2) is 36.5 Å². The summed E-state index contributed by atoms with van der Waals surface area (Å²) in [5, 5.41) is 8.20. The lowest BCUT2D eigenvalue weighted by atomic mass is 10.1. The van der Waals surface area contributed by atoms with E-state index in [4.69, 9.17) is 0 Å². The van der Waals surface area contributed by atoms with Crippen LogP contribution in [0.1, 0.15) is 50.8 Å². The lowest BCUT2D eigenvalue weighted by Crippen LogP contribution is -2.35. The van der Waals surface area contributed by atoms with Gasteiger partial charge in [-0.3, -0.25) is 0 Å². The summed E-state index contributed by atoms with van der Waals surface area (Å²) in [4.78, 5) is 0. The molecule has 0 atom stereocenters. The molecular formula is C17H23N3. The minimum absolute atomic E-state index is 0.135. The predicted molar refractivity (Wildman–Crippen MR) is 82.1 cm³/mol. The van der Waals surface area contributed by atoms with Gasteiger partial charge in [0.1, 0.15) is 0 Å². The third-order valence-electron chi connectivity index (χ3n) is 3.66. The van der Waals surface area contributed by atoms with Gasteiger partial charge in [0, 0.05) is 23.6 Å². The first-order valence-corrected chi connectivity index (χ1v) is 7.42. The van der Waals surface area contributed by atoms with Crippen molar-refractivity contribution in [3.63, 3.8) is 0 Å². The highest BCUT2D eigenvalue weighted by Crippen LogP contribution is 2.42. The average Bonchev–Trinajstić information content (AvgIpc) is 3.16. The molecule has 1 aliphatic carbocycles. The average molecular weight is 269 g/mol. The Hall–Kier alpha value is -1.61. The highest BCUT2D eigenvalue weighted by molar-refractivity contribution is 5.37. The molecule has 1 aliphatic rings. The van der Waals surface area contributed by atoms with E-state index in [0.29, 0.717) is 5.92 Å². The maximum absolute atomic E-state index is 4.62. The van der Waals surface area contributed by atoms with Gasteiger partial charge in [-0.15, -0.1) is 0 Å². The molecule has 20 heavy (non-hydrogen) atoms. The third kappa shape index (κ3) is 2.93. The number of rotatable bonds is 4. The highest BCUT2D eigenvalue weighted by atomic mass is 15.3. The van der Waals surface area contributed by atoms with Crippen LogP contribution in [0.4, 0.5) is 0 Å². The molecule has 1 saturated carbocycles. The zero-order valence-corrected chi connectivity index (χ0v) is 12.6. The van der Waals surface area contributed by atoms with E-state index in [2.05, 4.69) is 60.1 Å². The van der Waals surface area contributed by atoms with Gasteiger partial charge in [0.15, 0.2) is 0 Å². The minimum Gasteiger partial charge on any atom is -0.308 e. The minimum atomic E-state index is 0.135. The van der Waals surface area contributed by atoms with Crippen LogP contribution in [-0.4, -0.2) is 15.3 Å². The molecule has 1 fully saturated rings. The molecule has 3 nitrogen and oxygen atoms in total. The SMILES string of the molecule is CC(C)(C)NCc1cnn(-c2ccccc2)c1C1CC1. The molecule has 0 saturated heterocycles. The topological polar surface area (TPSA) is 29.9 Å². The van der Waals surface area contributed by atoms with Crippen molar-refractivity contribution in [2.75, 3.05) is 0 Å². The van der Waals surface area contributed by atoms with Crippen LogP contribution < -0.4 is 5.32 Å². The standard InChI is InChI=1S/C17H23N3/c1-17(2,3)18-11-14-12-19-20(16(14)13-9-10-13)15-7-5-4-6-8-15/h4-8,12-13,18H,9-11H2,1-3H3. The Morgan fingerprint density at radius 3 is 2.50 bits per heavy atom. The molecule has 0 unspecified atom stereocenters. The van der Waals surface area contributed by atoms with E-state index < -0.39 is 0 Å². The molecular weight excluding hydrogens is 246 g/mol. The largest absolute Gasteiger partial charge is 0.308 e. The van der Waals surface area contributed by atoms with Gasteiger partial charge in [-0.25, -0.2) is 4.68 Å². The number of benzene rings is 1. The van der Waals surface area contributed by atoms with Crippen molar-refractivity contribution in [3.8, 4) is 5.69 Å². The molecule has 1 aromatic heterocycles. The van der Waals surface area contributed by atoms with Crippen molar-refractivity contribution in [2.24, 2.45) is 0 Å². The molecule has 1 N–H and O–H groups in total. The van der Waals surface area contributed by atoms with Gasteiger partial charge in [-0.05, 0) is 45.7 Å². The maximum atomic E-state index is 4.62. The van der Waals surface area contributed by atoms with Crippen LogP contribution in [0.2, 0.25) is 0 Å². The second kappa shape index (κ2) is 5.06. The van der Waals surface area contributed by atoms with Crippen LogP contribution in [0.25, 0.3) is 5.69 Å². The normalized spacial score (nSPS) is 15.6. The fourth-order valence-electron chi connectivity index (χ4n) is 2.46. The summed E-state index contributed by atoms with van der Waals surface area (Å²) in [6.45, 7) is 7.49. The first kappa shape index (κ1) is 13.4. The summed E-state index contributed by atoms with van der Waals surface area (Å²) in [5.74, 6) is 0.689. The Kier molecular flexibility index (Phi) is 3.38. The number of para-hydroxylation sites is 1. The van der Waals surface area contributed by atoms with Crippen molar-refractivity contribution < 1.29 is 0 Å². The van der Waals surface area contributed by atoms with Crippen molar-refractivity contribution in [3.05, 3.63) is 47.8 Å². The van der Waals surface area contributed by atoms with E-state index in [1.54, 1.807) is 0 Å². The Balaban J connectivity index is 1.91. The summed E-state index contributed by atoms with van der Waals surface area (Å²) >= 11 is 0. The van der Waals surface area contributed by atoms with Crippen LogP contribution >= 0.6 is 0 Å². The fraction of sp³-hybridized carbons (Fsp3) is 0.471. The van der Waals surface area contributed by atoms with E-state index in [-0.39, 0.29) is 5.54 Å². The molecule has 1 heterocycles. The highest BCUT2D eigenvalue weighted by Gasteiger charge is 2.30. The van der Waals surface area contributed by atoms with Crippen LogP contribution in [0.5, 0.6) is 0 Å². The Labute approximate surface area is 121 Å². The van der Waals surface area contributed by atoms with E-state index in [9.17, 15) is 0 Å². The van der Waals surface area contributed by atoms with Gasteiger partial charge in [-0.2, -0.15) is 5.10 Å². The van der Waals surface area contributed by atoms with Gasteiger partial charge < -0.3 is 5.32 Å². The summed E-state index contributed by atoms with van der Waals surface area (Å²) in [6.07, 6.45) is 4.61. The lowest BCUT2D eigenvalue weighted by Gasteiger charge is -2.20. The van der Waals surface area contributed by atoms with Crippen LogP contribution in [0.3, 0.4) is 0 Å². The Morgan fingerprint density at radius 2 is 1.90 bits per heavy atom. The number of hydrogen-bond acceptors (Lipinski definition) is 2. The quantitative estimate of drug-likeness (QED) is 0.918. The molecule has 1 aromatic carbocycles. The van der Waals surface area contributed by atoms with Gasteiger partial charge in [0.2, 0.25) is 0 Å². The van der Waals surface area contributed by atoms with Gasteiger partial charge in [-0.1, -0.05) is 18.2 Å². The van der Waals surface area contributed by atoms with Gasteiger partial charge in [0.05, 0.1) is 17.6 Å². The number of aromatic nitrogens is 2. The van der Waals surface area contributed by atoms with Gasteiger partial charge >= 0.3 is 0 Å². The van der Waals surface area contributed by atoms with E-state index in [1.165, 1.54) is 24.1 Å². The number of nitrogens with zero attached hydrogens (tertiary/aromatic N) is 2. The molecule has 2 aromatic rings. The zero-order chi connectivity index (χ0) is 14.2. The van der Waals surface area contributed by atoms with Crippen molar-refractivity contribution in [2.45, 2.75) is 51.6 Å². The second-order valence-electron chi connectivity index (χ2n) is 6.68. The molecule has 3 heteroatoms. The van der Waals surface area contributed by atoms with Crippen LogP contribution in [-0.2, 0) is 6.54 Å². The Bertz CT molecular complexity index is 574. The molecule has 0 radical (unpaired) electrons. The van der Waals surface area contributed by atoms with E-state index in [1.807, 2.05) is 12.3 Å². The van der Waals surface area contributed by atoms with Crippen LogP contribution in [0, 0.1) is 0 Å². The van der Waals surface area contributed by atoms with Crippen molar-refractivity contribution in [1.29, 1.82) is 0 Å².